The molecule has 210 valence electrons. The molecule has 0 radical (unpaired) electrons. The molecular formula is C20H25F6N3O7S. The lowest BCUT2D eigenvalue weighted by Gasteiger charge is -2.41. The number of alkyl halides is 6. The molecule has 1 aromatic rings. The van der Waals surface area contributed by atoms with E-state index < -0.39 is 30.3 Å². The van der Waals surface area contributed by atoms with Gasteiger partial charge in [-0.3, -0.25) is 14.5 Å². The number of thiophene rings is 1. The van der Waals surface area contributed by atoms with E-state index in [9.17, 15) is 41.0 Å². The normalized spacial score (nSPS) is 20.8. The van der Waals surface area contributed by atoms with Crippen molar-refractivity contribution >= 4 is 35.2 Å². The second kappa shape index (κ2) is 13.0. The van der Waals surface area contributed by atoms with Gasteiger partial charge < -0.3 is 25.1 Å². The molecule has 1 aromatic heterocycles. The summed E-state index contributed by atoms with van der Waals surface area (Å²) >= 11 is 1.50. The number of aryl methyl sites for hydroxylation is 1. The maximum absolute atomic E-state index is 12.7. The third kappa shape index (κ3) is 10.2. The van der Waals surface area contributed by atoms with E-state index in [4.69, 9.17) is 19.8 Å². The van der Waals surface area contributed by atoms with Crippen molar-refractivity contribution in [1.82, 2.24) is 14.7 Å². The van der Waals surface area contributed by atoms with Crippen LogP contribution in [0.3, 0.4) is 0 Å². The third-order valence-electron chi connectivity index (χ3n) is 5.29. The minimum atomic E-state index is -5.08. The average molecular weight is 565 g/mol. The van der Waals surface area contributed by atoms with Gasteiger partial charge in [-0.05, 0) is 31.0 Å². The van der Waals surface area contributed by atoms with Crippen LogP contribution in [0, 0.1) is 12.8 Å². The van der Waals surface area contributed by atoms with Gasteiger partial charge in [-0.25, -0.2) is 9.59 Å². The van der Waals surface area contributed by atoms with E-state index in [1.54, 1.807) is 0 Å². The van der Waals surface area contributed by atoms with Gasteiger partial charge >= 0.3 is 30.3 Å². The number of carbonyl (C=O) groups excluding carboxylic acids is 1. The van der Waals surface area contributed by atoms with Crippen molar-refractivity contribution < 1.29 is 60.8 Å². The molecule has 0 bridgehead atoms. The summed E-state index contributed by atoms with van der Waals surface area (Å²) < 4.78 is 63.5. The Morgan fingerprint density at radius 3 is 1.81 bits per heavy atom. The monoisotopic (exact) mass is 565 g/mol. The van der Waals surface area contributed by atoms with Crippen LogP contribution in [-0.2, 0) is 14.4 Å². The SMILES string of the molecule is Cc1ccsc1C(=O)N1CCN2CC(C(=O)O)CN(C)CC2C1.O=C(O)C(F)(F)F.O=C(O)C(F)(F)F. The van der Waals surface area contributed by atoms with Crippen LogP contribution in [0.2, 0.25) is 0 Å². The molecule has 3 rings (SSSR count). The van der Waals surface area contributed by atoms with Crippen molar-refractivity contribution in [3.8, 4) is 0 Å². The van der Waals surface area contributed by atoms with Gasteiger partial charge in [0.15, 0.2) is 0 Å². The van der Waals surface area contributed by atoms with Gasteiger partial charge in [-0.15, -0.1) is 11.3 Å². The van der Waals surface area contributed by atoms with Gasteiger partial charge in [0, 0.05) is 45.3 Å². The molecule has 17 heteroatoms. The van der Waals surface area contributed by atoms with Crippen LogP contribution < -0.4 is 0 Å². The largest absolute Gasteiger partial charge is 0.490 e. The first-order valence-electron chi connectivity index (χ1n) is 10.4. The van der Waals surface area contributed by atoms with Crippen molar-refractivity contribution in [2.75, 3.05) is 46.3 Å². The summed E-state index contributed by atoms with van der Waals surface area (Å²) in [6.07, 6.45) is -10.2. The zero-order valence-corrected chi connectivity index (χ0v) is 20.4. The predicted octanol–water partition coefficient (Wildman–Crippen LogP) is 2.10. The number of hydrogen-bond donors (Lipinski definition) is 3. The molecule has 2 atom stereocenters. The van der Waals surface area contributed by atoms with Gasteiger partial charge in [0.1, 0.15) is 0 Å². The Bertz CT molecular complexity index is 945. The molecular weight excluding hydrogens is 540 g/mol. The number of likely N-dealkylation sites (N-methyl/N-ethyl adjacent to an activating group) is 1. The van der Waals surface area contributed by atoms with Crippen LogP contribution in [0.1, 0.15) is 15.2 Å². The molecule has 2 saturated heterocycles. The Morgan fingerprint density at radius 2 is 1.41 bits per heavy atom. The summed E-state index contributed by atoms with van der Waals surface area (Å²) in [5.41, 5.74) is 1.03. The Balaban J connectivity index is 0.000000404. The quantitative estimate of drug-likeness (QED) is 0.460. The lowest BCUT2D eigenvalue weighted by molar-refractivity contribution is -0.193. The summed E-state index contributed by atoms with van der Waals surface area (Å²) in [7, 11) is 1.96. The highest BCUT2D eigenvalue weighted by Crippen LogP contribution is 2.23. The van der Waals surface area contributed by atoms with Gasteiger partial charge in [0.25, 0.3) is 5.91 Å². The second-order valence-electron chi connectivity index (χ2n) is 8.19. The number of nitrogens with zero attached hydrogens (tertiary/aromatic N) is 3. The van der Waals surface area contributed by atoms with E-state index >= 15 is 0 Å². The molecule has 0 aliphatic carbocycles. The lowest BCUT2D eigenvalue weighted by atomic mass is 10.1. The Labute approximate surface area is 210 Å². The zero-order valence-electron chi connectivity index (χ0n) is 19.5. The summed E-state index contributed by atoms with van der Waals surface area (Å²) in [6.45, 7) is 6.01. The molecule has 10 nitrogen and oxygen atoms in total. The van der Waals surface area contributed by atoms with Gasteiger partial charge in [0.05, 0.1) is 10.8 Å². The molecule has 0 aromatic carbocycles. The van der Waals surface area contributed by atoms with Crippen molar-refractivity contribution in [1.29, 1.82) is 0 Å². The number of amides is 1. The topological polar surface area (TPSA) is 139 Å². The van der Waals surface area contributed by atoms with Gasteiger partial charge in [-0.2, -0.15) is 26.3 Å². The van der Waals surface area contributed by atoms with Crippen LogP contribution in [-0.4, -0.2) is 119 Å². The Hall–Kier alpha value is -2.92. The number of hydrogen-bond acceptors (Lipinski definition) is 7. The molecule has 37 heavy (non-hydrogen) atoms. The highest BCUT2D eigenvalue weighted by atomic mass is 32.1. The minimum absolute atomic E-state index is 0.110. The maximum Gasteiger partial charge on any atom is 0.490 e. The number of halogens is 6. The number of piperazine rings is 1. The second-order valence-corrected chi connectivity index (χ2v) is 9.11. The van der Waals surface area contributed by atoms with Crippen molar-refractivity contribution in [3.63, 3.8) is 0 Å². The number of carbonyl (C=O) groups is 4. The smallest absolute Gasteiger partial charge is 0.481 e. The summed E-state index contributed by atoms with van der Waals surface area (Å²) in [5.74, 6) is -6.49. The van der Waals surface area contributed by atoms with E-state index in [0.29, 0.717) is 26.2 Å². The number of fused-ring (bicyclic) bond motifs is 1. The Kier molecular flexibility index (Phi) is 11.3. The van der Waals surface area contributed by atoms with E-state index in [-0.39, 0.29) is 17.9 Å². The molecule has 2 aliphatic heterocycles. The predicted molar refractivity (Wildman–Crippen MR) is 116 cm³/mol. The number of rotatable bonds is 2. The van der Waals surface area contributed by atoms with E-state index in [1.165, 1.54) is 11.3 Å². The average Bonchev–Trinajstić information content (AvgIpc) is 3.10. The number of carboxylic acids is 3. The van der Waals surface area contributed by atoms with Crippen LogP contribution in [0.25, 0.3) is 0 Å². The molecule has 2 fully saturated rings. The fraction of sp³-hybridized carbons (Fsp3) is 0.600. The van der Waals surface area contributed by atoms with Crippen molar-refractivity contribution in [2.45, 2.75) is 25.3 Å². The molecule has 2 unspecified atom stereocenters. The number of carboxylic acid groups (broad SMARTS) is 3. The van der Waals surface area contributed by atoms with Gasteiger partial charge in [0.2, 0.25) is 0 Å². The first-order chi connectivity index (χ1) is 16.8. The van der Waals surface area contributed by atoms with Crippen molar-refractivity contribution in [2.24, 2.45) is 5.92 Å². The summed E-state index contributed by atoms with van der Waals surface area (Å²) in [4.78, 5) is 48.9. The van der Waals surface area contributed by atoms with E-state index in [0.717, 1.165) is 23.5 Å². The minimum Gasteiger partial charge on any atom is -0.481 e. The van der Waals surface area contributed by atoms with Crippen LogP contribution >= 0.6 is 11.3 Å². The highest BCUT2D eigenvalue weighted by Gasteiger charge is 2.39. The zero-order chi connectivity index (χ0) is 28.7. The molecule has 1 amide bonds. The fourth-order valence-corrected chi connectivity index (χ4v) is 4.43. The highest BCUT2D eigenvalue weighted by molar-refractivity contribution is 7.12. The first-order valence-corrected chi connectivity index (χ1v) is 11.3. The lowest BCUT2D eigenvalue weighted by Crippen LogP contribution is -2.57. The van der Waals surface area contributed by atoms with E-state index in [2.05, 4.69) is 9.80 Å². The first kappa shape index (κ1) is 32.1. The molecule has 0 spiro atoms. The molecule has 2 aliphatic rings. The molecule has 3 heterocycles. The third-order valence-corrected chi connectivity index (χ3v) is 6.30. The van der Waals surface area contributed by atoms with E-state index in [1.807, 2.05) is 30.3 Å². The number of aliphatic carboxylic acids is 3. The summed E-state index contributed by atoms with van der Waals surface area (Å²) in [6, 6.07) is 2.19. The van der Waals surface area contributed by atoms with Crippen LogP contribution in [0.5, 0.6) is 0 Å². The molecule has 3 N–H and O–H groups in total. The Morgan fingerprint density at radius 1 is 0.892 bits per heavy atom. The fourth-order valence-electron chi connectivity index (χ4n) is 3.53. The van der Waals surface area contributed by atoms with Crippen LogP contribution in [0.15, 0.2) is 11.4 Å². The van der Waals surface area contributed by atoms with Gasteiger partial charge in [-0.1, -0.05) is 0 Å². The molecule has 0 saturated carbocycles. The maximum atomic E-state index is 12.7. The van der Waals surface area contributed by atoms with Crippen LogP contribution in [0.4, 0.5) is 26.3 Å². The summed E-state index contributed by atoms with van der Waals surface area (Å²) in [5, 5.41) is 25.6. The van der Waals surface area contributed by atoms with Crippen molar-refractivity contribution in [3.05, 3.63) is 21.9 Å². The standard InChI is InChI=1S/C16H23N3O3S.2C2HF3O2/c1-11-3-6-23-14(11)15(20)19-5-4-18-8-12(16(21)22)7-17(2)9-13(18)10-19;2*3-2(4,5)1(6)7/h3,6,12-13H,4-5,7-10H2,1-2H3,(H,21,22);2*(H,6,7).